The van der Waals surface area contributed by atoms with E-state index in [4.69, 9.17) is 0 Å². The highest BCUT2D eigenvalue weighted by Crippen LogP contribution is 2.19. The van der Waals surface area contributed by atoms with E-state index in [0.29, 0.717) is 17.8 Å². The molecule has 0 rings (SSSR count). The van der Waals surface area contributed by atoms with Gasteiger partial charge in [-0.2, -0.15) is 0 Å². The molecule has 0 saturated carbocycles. The molecule has 0 aliphatic rings. The van der Waals surface area contributed by atoms with Gasteiger partial charge in [-0.25, -0.2) is 0 Å². The third-order valence-corrected chi connectivity index (χ3v) is 2.45. The van der Waals surface area contributed by atoms with E-state index < -0.39 is 0 Å². The van der Waals surface area contributed by atoms with Crippen molar-refractivity contribution in [2.75, 3.05) is 6.54 Å². The molecule has 0 aromatic carbocycles. The molecule has 0 aromatic heterocycles. The number of carbonyl (C=O) groups excluding carboxylic acids is 1. The zero-order valence-corrected chi connectivity index (χ0v) is 9.85. The van der Waals surface area contributed by atoms with E-state index in [1.165, 1.54) is 0 Å². The topological polar surface area (TPSA) is 29.1 Å². The minimum absolute atomic E-state index is 0.168. The van der Waals surface area contributed by atoms with Gasteiger partial charge < -0.3 is 5.32 Å². The van der Waals surface area contributed by atoms with Gasteiger partial charge in [-0.05, 0) is 30.6 Å². The van der Waals surface area contributed by atoms with Crippen LogP contribution in [-0.2, 0) is 4.79 Å². The molecule has 0 radical (unpaired) electrons. The lowest BCUT2D eigenvalue weighted by Crippen LogP contribution is -2.33. The van der Waals surface area contributed by atoms with Crippen LogP contribution in [0.15, 0.2) is 0 Å². The highest BCUT2D eigenvalue weighted by Gasteiger charge is 2.17. The summed E-state index contributed by atoms with van der Waals surface area (Å²) in [5.41, 5.74) is 0. The fourth-order valence-electron chi connectivity index (χ4n) is 1.61. The van der Waals surface area contributed by atoms with E-state index in [1.807, 2.05) is 0 Å². The molecule has 0 unspecified atom stereocenters. The Morgan fingerprint density at radius 3 is 2.07 bits per heavy atom. The van der Waals surface area contributed by atoms with Crippen molar-refractivity contribution >= 4 is 5.91 Å². The van der Waals surface area contributed by atoms with Gasteiger partial charge in [0.1, 0.15) is 0 Å². The maximum Gasteiger partial charge on any atom is 0.295 e. The minimum Gasteiger partial charge on any atom is -0.345 e. The molecule has 0 fully saturated rings. The summed E-state index contributed by atoms with van der Waals surface area (Å²) in [4.78, 5) is 11.1. The van der Waals surface area contributed by atoms with Crippen LogP contribution in [0.2, 0.25) is 0 Å². The number of amides is 1. The van der Waals surface area contributed by atoms with Gasteiger partial charge in [0.15, 0.2) is 0 Å². The third kappa shape index (κ3) is 4.91. The Bertz CT molecular complexity index is 224. The first kappa shape index (κ1) is 13.0. The predicted octanol–water partition coefficient (Wildman–Crippen LogP) is 2.05. The van der Waals surface area contributed by atoms with Crippen molar-refractivity contribution in [2.24, 2.45) is 17.8 Å². The summed E-state index contributed by atoms with van der Waals surface area (Å²) in [7, 11) is 0. The zero-order valence-electron chi connectivity index (χ0n) is 9.85. The van der Waals surface area contributed by atoms with Crippen molar-refractivity contribution in [3.05, 3.63) is 0 Å². The normalized spacial score (nSPS) is 10.3. The standard InChI is InChI=1S/C12H21NO/c1-6-7-12(14)13-8-11(9(2)3)10(4)5/h9-11H,8H2,1-5H3,(H,13,14). The molecule has 0 aliphatic carbocycles. The minimum atomic E-state index is -0.168. The van der Waals surface area contributed by atoms with Gasteiger partial charge in [-0.1, -0.05) is 33.6 Å². The number of rotatable bonds is 4. The van der Waals surface area contributed by atoms with Crippen LogP contribution in [0.1, 0.15) is 34.6 Å². The maximum atomic E-state index is 11.1. The Balaban J connectivity index is 4.05. The fourth-order valence-corrected chi connectivity index (χ4v) is 1.61. The van der Waals surface area contributed by atoms with Crippen molar-refractivity contribution in [3.8, 4) is 11.8 Å². The Morgan fingerprint density at radius 2 is 1.71 bits per heavy atom. The molecule has 1 amide bonds. The lowest BCUT2D eigenvalue weighted by Gasteiger charge is -2.24. The Hall–Kier alpha value is -0.970. The monoisotopic (exact) mass is 195 g/mol. The Labute approximate surface area is 87.5 Å². The van der Waals surface area contributed by atoms with Crippen LogP contribution in [0.25, 0.3) is 0 Å². The molecule has 14 heavy (non-hydrogen) atoms. The highest BCUT2D eigenvalue weighted by atomic mass is 16.1. The summed E-state index contributed by atoms with van der Waals surface area (Å²) in [6.07, 6.45) is 0. The lowest BCUT2D eigenvalue weighted by molar-refractivity contribution is -0.116. The highest BCUT2D eigenvalue weighted by molar-refractivity contribution is 5.93. The molecule has 0 aromatic rings. The molecule has 0 atom stereocenters. The number of carbonyl (C=O) groups is 1. The molecule has 0 aliphatic heterocycles. The lowest BCUT2D eigenvalue weighted by atomic mass is 9.85. The number of hydrogen-bond donors (Lipinski definition) is 1. The summed E-state index contributed by atoms with van der Waals surface area (Å²) >= 11 is 0. The maximum absolute atomic E-state index is 11.1. The molecule has 1 N–H and O–H groups in total. The van der Waals surface area contributed by atoms with Crippen LogP contribution < -0.4 is 5.32 Å². The van der Waals surface area contributed by atoms with Gasteiger partial charge in [0.05, 0.1) is 0 Å². The quantitative estimate of drug-likeness (QED) is 0.683. The summed E-state index contributed by atoms with van der Waals surface area (Å²) < 4.78 is 0. The average Bonchev–Trinajstić information content (AvgIpc) is 2.03. The molecule has 0 bridgehead atoms. The molecule has 0 heterocycles. The molecule has 80 valence electrons. The van der Waals surface area contributed by atoms with E-state index in [9.17, 15) is 4.79 Å². The van der Waals surface area contributed by atoms with Gasteiger partial charge in [-0.3, -0.25) is 4.79 Å². The van der Waals surface area contributed by atoms with Crippen LogP contribution in [-0.4, -0.2) is 12.5 Å². The largest absolute Gasteiger partial charge is 0.345 e. The van der Waals surface area contributed by atoms with Gasteiger partial charge in [0.2, 0.25) is 0 Å². The molecule has 2 nitrogen and oxygen atoms in total. The van der Waals surface area contributed by atoms with Crippen molar-refractivity contribution in [3.63, 3.8) is 0 Å². The van der Waals surface area contributed by atoms with Crippen LogP contribution in [0.5, 0.6) is 0 Å². The fraction of sp³-hybridized carbons (Fsp3) is 0.750. The van der Waals surface area contributed by atoms with E-state index >= 15 is 0 Å². The van der Waals surface area contributed by atoms with E-state index in [2.05, 4.69) is 44.9 Å². The van der Waals surface area contributed by atoms with E-state index in [1.54, 1.807) is 6.92 Å². The van der Waals surface area contributed by atoms with E-state index in [-0.39, 0.29) is 5.91 Å². The second-order valence-electron chi connectivity index (χ2n) is 4.24. The van der Waals surface area contributed by atoms with Crippen LogP contribution in [0, 0.1) is 29.6 Å². The summed E-state index contributed by atoms with van der Waals surface area (Å²) in [6, 6.07) is 0. The average molecular weight is 195 g/mol. The molecule has 0 saturated heterocycles. The van der Waals surface area contributed by atoms with Crippen molar-refractivity contribution < 1.29 is 4.79 Å². The Morgan fingerprint density at radius 1 is 1.21 bits per heavy atom. The first-order chi connectivity index (χ1) is 6.49. The third-order valence-electron chi connectivity index (χ3n) is 2.45. The van der Waals surface area contributed by atoms with Gasteiger partial charge >= 0.3 is 0 Å². The van der Waals surface area contributed by atoms with Gasteiger partial charge in [0, 0.05) is 6.54 Å². The SMILES string of the molecule is CC#CC(=O)NCC(C(C)C)C(C)C. The second kappa shape index (κ2) is 6.48. The van der Waals surface area contributed by atoms with Crippen molar-refractivity contribution in [2.45, 2.75) is 34.6 Å². The number of nitrogens with one attached hydrogen (secondary N) is 1. The second-order valence-corrected chi connectivity index (χ2v) is 4.24. The first-order valence-electron chi connectivity index (χ1n) is 5.19. The molecular weight excluding hydrogens is 174 g/mol. The molecule has 0 spiro atoms. The zero-order chi connectivity index (χ0) is 11.1. The molecule has 2 heteroatoms. The van der Waals surface area contributed by atoms with Crippen LogP contribution in [0.4, 0.5) is 0 Å². The van der Waals surface area contributed by atoms with Crippen LogP contribution >= 0.6 is 0 Å². The van der Waals surface area contributed by atoms with E-state index in [0.717, 1.165) is 6.54 Å². The Kier molecular flexibility index (Phi) is 6.03. The first-order valence-corrected chi connectivity index (χ1v) is 5.19. The summed E-state index contributed by atoms with van der Waals surface area (Å²) in [6.45, 7) is 11.1. The number of hydrogen-bond acceptors (Lipinski definition) is 1. The van der Waals surface area contributed by atoms with Crippen molar-refractivity contribution in [1.82, 2.24) is 5.32 Å². The van der Waals surface area contributed by atoms with Gasteiger partial charge in [0.25, 0.3) is 5.91 Å². The van der Waals surface area contributed by atoms with Crippen LogP contribution in [0.3, 0.4) is 0 Å². The van der Waals surface area contributed by atoms with Gasteiger partial charge in [-0.15, -0.1) is 0 Å². The smallest absolute Gasteiger partial charge is 0.295 e. The van der Waals surface area contributed by atoms with Crippen molar-refractivity contribution in [1.29, 1.82) is 0 Å². The predicted molar refractivity (Wildman–Crippen MR) is 59.6 cm³/mol. The molecular formula is C12H21NO. The summed E-state index contributed by atoms with van der Waals surface area (Å²) in [5, 5.41) is 2.83. The summed E-state index contributed by atoms with van der Waals surface area (Å²) in [5.74, 6) is 6.60.